The van der Waals surface area contributed by atoms with Crippen LogP contribution in [0.5, 0.6) is 5.75 Å². The molecular weight excluding hydrogens is 250 g/mol. The lowest BCUT2D eigenvalue weighted by Gasteiger charge is -2.40. The third-order valence-electron chi connectivity index (χ3n) is 3.59. The normalized spacial score (nSPS) is 25.1. The molecule has 4 heteroatoms. The Morgan fingerprint density at radius 3 is 2.89 bits per heavy atom. The maximum absolute atomic E-state index is 6.07. The first kappa shape index (κ1) is 12.3. The first-order chi connectivity index (χ1) is 8.81. The second-order valence-electron chi connectivity index (χ2n) is 5.12. The summed E-state index contributed by atoms with van der Waals surface area (Å²) >= 11 is 6.07. The minimum atomic E-state index is 0.284. The third kappa shape index (κ3) is 2.79. The van der Waals surface area contributed by atoms with Crippen molar-refractivity contribution in [2.45, 2.75) is 12.5 Å². The largest absolute Gasteiger partial charge is 0.486 e. The molecule has 3 nitrogen and oxygen atoms in total. The summed E-state index contributed by atoms with van der Waals surface area (Å²) in [7, 11) is 0. The lowest BCUT2D eigenvalue weighted by molar-refractivity contribution is 0.00921. The summed E-state index contributed by atoms with van der Waals surface area (Å²) in [5.41, 5.74) is 0. The van der Waals surface area contributed by atoms with Gasteiger partial charge in [0.2, 0.25) is 0 Å². The topological polar surface area (TPSA) is 21.7 Å². The van der Waals surface area contributed by atoms with Crippen LogP contribution < -0.4 is 4.74 Å². The number of ether oxygens (including phenoxy) is 2. The SMILES string of the molecule is Clc1ccccc1OC1CN(C[C@@H]2CCOC2)C1. The molecule has 1 atom stereocenters. The Morgan fingerprint density at radius 2 is 2.17 bits per heavy atom. The maximum atomic E-state index is 6.07. The van der Waals surface area contributed by atoms with Crippen LogP contribution in [0.4, 0.5) is 0 Å². The number of hydrogen-bond acceptors (Lipinski definition) is 3. The highest BCUT2D eigenvalue weighted by molar-refractivity contribution is 6.32. The fraction of sp³-hybridized carbons (Fsp3) is 0.571. The van der Waals surface area contributed by atoms with Crippen molar-refractivity contribution in [1.29, 1.82) is 0 Å². The van der Waals surface area contributed by atoms with Crippen LogP contribution >= 0.6 is 11.6 Å². The number of hydrogen-bond donors (Lipinski definition) is 0. The van der Waals surface area contributed by atoms with E-state index in [-0.39, 0.29) is 6.10 Å². The Hall–Kier alpha value is -0.770. The third-order valence-corrected chi connectivity index (χ3v) is 3.91. The molecule has 0 bridgehead atoms. The van der Waals surface area contributed by atoms with Gasteiger partial charge in [-0.3, -0.25) is 4.90 Å². The zero-order valence-electron chi connectivity index (χ0n) is 10.3. The Kier molecular flexibility index (Phi) is 3.73. The van der Waals surface area contributed by atoms with E-state index in [2.05, 4.69) is 4.90 Å². The number of para-hydroxylation sites is 1. The van der Waals surface area contributed by atoms with Crippen molar-refractivity contribution in [1.82, 2.24) is 4.90 Å². The van der Waals surface area contributed by atoms with Gasteiger partial charge in [0.05, 0.1) is 11.6 Å². The summed E-state index contributed by atoms with van der Waals surface area (Å²) < 4.78 is 11.3. The van der Waals surface area contributed by atoms with Crippen molar-refractivity contribution in [2.24, 2.45) is 5.92 Å². The molecule has 0 amide bonds. The molecule has 98 valence electrons. The minimum Gasteiger partial charge on any atom is -0.486 e. The summed E-state index contributed by atoms with van der Waals surface area (Å²) in [4.78, 5) is 2.43. The molecule has 0 N–H and O–H groups in total. The van der Waals surface area contributed by atoms with Crippen molar-refractivity contribution in [3.05, 3.63) is 29.3 Å². The van der Waals surface area contributed by atoms with Gasteiger partial charge in [-0.15, -0.1) is 0 Å². The van der Waals surface area contributed by atoms with Crippen LogP contribution in [-0.4, -0.2) is 43.9 Å². The summed E-state index contributed by atoms with van der Waals surface area (Å²) in [5.74, 6) is 1.51. The number of nitrogens with zero attached hydrogens (tertiary/aromatic N) is 1. The fourth-order valence-corrected chi connectivity index (χ4v) is 2.74. The number of rotatable bonds is 4. The molecule has 2 fully saturated rings. The van der Waals surface area contributed by atoms with E-state index in [0.717, 1.165) is 38.6 Å². The Balaban J connectivity index is 1.43. The molecule has 0 spiro atoms. The van der Waals surface area contributed by atoms with Gasteiger partial charge in [-0.25, -0.2) is 0 Å². The highest BCUT2D eigenvalue weighted by Crippen LogP contribution is 2.27. The second-order valence-corrected chi connectivity index (χ2v) is 5.53. The van der Waals surface area contributed by atoms with Crippen LogP contribution in [0.3, 0.4) is 0 Å². The molecular formula is C14H18ClNO2. The quantitative estimate of drug-likeness (QED) is 0.836. The van der Waals surface area contributed by atoms with Crippen molar-refractivity contribution >= 4 is 11.6 Å². The van der Waals surface area contributed by atoms with Crippen LogP contribution in [0.2, 0.25) is 5.02 Å². The smallest absolute Gasteiger partial charge is 0.138 e. The van der Waals surface area contributed by atoms with Gasteiger partial charge in [-0.05, 0) is 24.5 Å². The van der Waals surface area contributed by atoms with Gasteiger partial charge in [0.1, 0.15) is 11.9 Å². The minimum absolute atomic E-state index is 0.284. The van der Waals surface area contributed by atoms with Crippen molar-refractivity contribution in [2.75, 3.05) is 32.8 Å². The summed E-state index contributed by atoms with van der Waals surface area (Å²) in [6.07, 6.45) is 1.49. The van der Waals surface area contributed by atoms with E-state index in [1.807, 2.05) is 24.3 Å². The van der Waals surface area contributed by atoms with E-state index >= 15 is 0 Å². The summed E-state index contributed by atoms with van der Waals surface area (Å²) in [6, 6.07) is 7.66. The highest BCUT2D eigenvalue weighted by atomic mass is 35.5. The molecule has 0 aliphatic carbocycles. The summed E-state index contributed by atoms with van der Waals surface area (Å²) in [6.45, 7) is 5.00. The van der Waals surface area contributed by atoms with Crippen LogP contribution in [0, 0.1) is 5.92 Å². The van der Waals surface area contributed by atoms with Gasteiger partial charge >= 0.3 is 0 Å². The van der Waals surface area contributed by atoms with Gasteiger partial charge in [-0.2, -0.15) is 0 Å². The van der Waals surface area contributed by atoms with Crippen molar-refractivity contribution in [3.8, 4) is 5.75 Å². The van der Waals surface area contributed by atoms with E-state index in [4.69, 9.17) is 21.1 Å². The first-order valence-electron chi connectivity index (χ1n) is 6.52. The molecule has 1 aromatic carbocycles. The van der Waals surface area contributed by atoms with E-state index in [1.165, 1.54) is 6.42 Å². The summed E-state index contributed by atoms with van der Waals surface area (Å²) in [5, 5.41) is 0.695. The average molecular weight is 268 g/mol. The number of likely N-dealkylation sites (tertiary alicyclic amines) is 1. The molecule has 0 radical (unpaired) electrons. The van der Waals surface area contributed by atoms with Crippen LogP contribution in [0.1, 0.15) is 6.42 Å². The fourth-order valence-electron chi connectivity index (χ4n) is 2.56. The molecule has 2 aliphatic rings. The number of halogens is 1. The van der Waals surface area contributed by atoms with Gasteiger partial charge in [0.15, 0.2) is 0 Å². The van der Waals surface area contributed by atoms with E-state index in [9.17, 15) is 0 Å². The number of benzene rings is 1. The Labute approximate surface area is 113 Å². The molecule has 2 saturated heterocycles. The lowest BCUT2D eigenvalue weighted by Crippen LogP contribution is -2.55. The molecule has 2 heterocycles. The van der Waals surface area contributed by atoms with Crippen LogP contribution in [-0.2, 0) is 4.74 Å². The molecule has 0 aromatic heterocycles. The average Bonchev–Trinajstić information content (AvgIpc) is 2.81. The molecule has 18 heavy (non-hydrogen) atoms. The predicted molar refractivity (Wildman–Crippen MR) is 71.2 cm³/mol. The standard InChI is InChI=1S/C14H18ClNO2/c15-13-3-1-2-4-14(13)18-12-8-16(9-12)7-11-5-6-17-10-11/h1-4,11-12H,5-10H2/t11-/m0/s1. The Morgan fingerprint density at radius 1 is 1.33 bits per heavy atom. The zero-order valence-corrected chi connectivity index (χ0v) is 11.1. The van der Waals surface area contributed by atoms with Crippen LogP contribution in [0.25, 0.3) is 0 Å². The van der Waals surface area contributed by atoms with Crippen molar-refractivity contribution < 1.29 is 9.47 Å². The first-order valence-corrected chi connectivity index (χ1v) is 6.90. The Bertz CT molecular complexity index is 401. The zero-order chi connectivity index (χ0) is 12.4. The predicted octanol–water partition coefficient (Wildman–Crippen LogP) is 2.44. The molecule has 1 aromatic rings. The van der Waals surface area contributed by atoms with E-state index in [0.29, 0.717) is 10.9 Å². The second kappa shape index (κ2) is 5.47. The molecule has 2 aliphatic heterocycles. The molecule has 3 rings (SSSR count). The molecule has 0 saturated carbocycles. The molecule has 0 unspecified atom stereocenters. The van der Waals surface area contributed by atoms with Gasteiger partial charge in [0.25, 0.3) is 0 Å². The van der Waals surface area contributed by atoms with E-state index in [1.54, 1.807) is 0 Å². The van der Waals surface area contributed by atoms with E-state index < -0.39 is 0 Å². The van der Waals surface area contributed by atoms with Gasteiger partial charge in [0, 0.05) is 26.2 Å². The maximum Gasteiger partial charge on any atom is 0.138 e. The van der Waals surface area contributed by atoms with Crippen molar-refractivity contribution in [3.63, 3.8) is 0 Å². The monoisotopic (exact) mass is 267 g/mol. The van der Waals surface area contributed by atoms with Gasteiger partial charge in [-0.1, -0.05) is 23.7 Å². The van der Waals surface area contributed by atoms with Crippen LogP contribution in [0.15, 0.2) is 24.3 Å². The van der Waals surface area contributed by atoms with Gasteiger partial charge < -0.3 is 9.47 Å². The highest BCUT2D eigenvalue weighted by Gasteiger charge is 2.31. The lowest BCUT2D eigenvalue weighted by atomic mass is 10.0.